The lowest BCUT2D eigenvalue weighted by Crippen LogP contribution is -2.53. The topological polar surface area (TPSA) is 111 Å². The van der Waals surface area contributed by atoms with E-state index in [1.54, 1.807) is 24.3 Å². The summed E-state index contributed by atoms with van der Waals surface area (Å²) in [5.41, 5.74) is 3.22. The fourth-order valence-electron chi connectivity index (χ4n) is 3.57. The molecule has 0 bridgehead atoms. The van der Waals surface area contributed by atoms with Crippen molar-refractivity contribution in [1.82, 2.24) is 5.48 Å². The Hall–Kier alpha value is -4.31. The lowest BCUT2D eigenvalue weighted by atomic mass is 10.00. The van der Waals surface area contributed by atoms with Crippen molar-refractivity contribution in [2.45, 2.75) is 12.5 Å². The Morgan fingerprint density at radius 3 is 2.42 bits per heavy atom. The number of fused-ring (bicyclic) bond motifs is 1. The lowest BCUT2D eigenvalue weighted by Gasteiger charge is -2.36. The first kappa shape index (κ1) is 21.9. The van der Waals surface area contributed by atoms with E-state index < -0.39 is 35.5 Å². The van der Waals surface area contributed by atoms with Crippen LogP contribution in [0.25, 0.3) is 0 Å². The van der Waals surface area contributed by atoms with Crippen LogP contribution in [0.5, 0.6) is 0 Å². The summed E-state index contributed by atoms with van der Waals surface area (Å²) in [4.78, 5) is 38.9. The predicted octanol–water partition coefficient (Wildman–Crippen LogP) is 3.69. The fourth-order valence-corrected chi connectivity index (χ4v) is 3.57. The van der Waals surface area contributed by atoms with Crippen LogP contribution in [0.2, 0.25) is 0 Å². The second-order valence-electron chi connectivity index (χ2n) is 7.29. The molecule has 0 fully saturated rings. The summed E-state index contributed by atoms with van der Waals surface area (Å²) >= 11 is 0. The first-order valence-electron chi connectivity index (χ1n) is 9.86. The average Bonchev–Trinajstić information content (AvgIpc) is 2.81. The number of nitrogens with one attached hydrogen (secondary N) is 3. The number of hydroxylamine groups is 1. The summed E-state index contributed by atoms with van der Waals surface area (Å²) < 4.78 is 27.0. The molecular weight excluding hydrogens is 434 g/mol. The number of nitrogens with zero attached hydrogens (tertiary/aromatic N) is 1. The van der Waals surface area contributed by atoms with Gasteiger partial charge in [-0.15, -0.1) is 0 Å². The van der Waals surface area contributed by atoms with Gasteiger partial charge in [-0.3, -0.25) is 19.7 Å². The highest BCUT2D eigenvalue weighted by Gasteiger charge is 2.37. The van der Waals surface area contributed by atoms with E-state index >= 15 is 0 Å². The van der Waals surface area contributed by atoms with Gasteiger partial charge in [-0.2, -0.15) is 0 Å². The molecular formula is C23H18F2N4O4. The van der Waals surface area contributed by atoms with Crippen LogP contribution in [0.15, 0.2) is 66.7 Å². The number of hydrogen-bond acceptors (Lipinski definition) is 4. The Bertz CT molecular complexity index is 1230. The third kappa shape index (κ3) is 4.51. The molecule has 1 aliphatic heterocycles. The standard InChI is InChI=1S/C23H18F2N4O4/c24-16-10-5-13(11-17(16)25)12-20-22(31)27-18-3-1-2-4-19(18)29(20)23(32)26-15-8-6-14(7-9-15)21(30)28-33/h1-11,20,33H,12H2,(H,26,32)(H,27,31)(H,28,30)/t20-/m1/s1. The molecule has 168 valence electrons. The van der Waals surface area contributed by atoms with Gasteiger partial charge in [0.25, 0.3) is 5.91 Å². The van der Waals surface area contributed by atoms with E-state index in [2.05, 4.69) is 10.6 Å². The van der Waals surface area contributed by atoms with E-state index in [1.165, 1.54) is 40.7 Å². The van der Waals surface area contributed by atoms with Crippen LogP contribution in [-0.4, -0.2) is 29.1 Å². The van der Waals surface area contributed by atoms with Gasteiger partial charge in [-0.1, -0.05) is 18.2 Å². The molecule has 3 aromatic rings. The van der Waals surface area contributed by atoms with Crippen LogP contribution in [-0.2, 0) is 11.2 Å². The van der Waals surface area contributed by atoms with Crippen molar-refractivity contribution in [1.29, 1.82) is 0 Å². The summed E-state index contributed by atoms with van der Waals surface area (Å²) in [7, 11) is 0. The molecule has 1 atom stereocenters. The average molecular weight is 452 g/mol. The SMILES string of the molecule is O=C(NO)c1ccc(NC(=O)N2c3ccccc3NC(=O)[C@H]2Cc2ccc(F)c(F)c2)cc1. The number of para-hydroxylation sites is 2. The van der Waals surface area contributed by atoms with E-state index in [4.69, 9.17) is 5.21 Å². The molecule has 4 amide bonds. The van der Waals surface area contributed by atoms with Crippen LogP contribution in [0, 0.1) is 11.6 Å². The Balaban J connectivity index is 1.64. The predicted molar refractivity (Wildman–Crippen MR) is 116 cm³/mol. The normalized spacial score (nSPS) is 14.8. The molecule has 0 unspecified atom stereocenters. The van der Waals surface area contributed by atoms with Gasteiger partial charge in [0.1, 0.15) is 6.04 Å². The van der Waals surface area contributed by atoms with E-state index in [0.29, 0.717) is 22.6 Å². The first-order chi connectivity index (χ1) is 15.9. The Morgan fingerprint density at radius 2 is 1.73 bits per heavy atom. The maximum Gasteiger partial charge on any atom is 0.327 e. The number of rotatable bonds is 4. The maximum absolute atomic E-state index is 13.7. The van der Waals surface area contributed by atoms with Gasteiger partial charge >= 0.3 is 6.03 Å². The quantitative estimate of drug-likeness (QED) is 0.357. The van der Waals surface area contributed by atoms with E-state index in [0.717, 1.165) is 12.1 Å². The second kappa shape index (κ2) is 9.05. The van der Waals surface area contributed by atoms with Crippen molar-refractivity contribution in [3.05, 3.63) is 89.5 Å². The maximum atomic E-state index is 13.7. The molecule has 0 spiro atoms. The molecule has 4 rings (SSSR count). The zero-order valence-corrected chi connectivity index (χ0v) is 17.0. The van der Waals surface area contributed by atoms with Crippen LogP contribution < -0.4 is 21.0 Å². The van der Waals surface area contributed by atoms with Crippen molar-refractivity contribution < 1.29 is 28.4 Å². The van der Waals surface area contributed by atoms with Crippen molar-refractivity contribution in [3.8, 4) is 0 Å². The number of urea groups is 1. The molecule has 33 heavy (non-hydrogen) atoms. The Morgan fingerprint density at radius 1 is 1.00 bits per heavy atom. The van der Waals surface area contributed by atoms with Crippen molar-refractivity contribution in [3.63, 3.8) is 0 Å². The first-order valence-corrected chi connectivity index (χ1v) is 9.86. The summed E-state index contributed by atoms with van der Waals surface area (Å²) in [5, 5.41) is 14.1. The van der Waals surface area contributed by atoms with Gasteiger partial charge in [-0.25, -0.2) is 19.1 Å². The zero-order valence-electron chi connectivity index (χ0n) is 17.0. The van der Waals surface area contributed by atoms with Crippen LogP contribution in [0.3, 0.4) is 0 Å². The highest BCUT2D eigenvalue weighted by molar-refractivity contribution is 6.14. The van der Waals surface area contributed by atoms with Crippen LogP contribution in [0.1, 0.15) is 15.9 Å². The van der Waals surface area contributed by atoms with Crippen LogP contribution in [0.4, 0.5) is 30.6 Å². The molecule has 0 aromatic heterocycles. The summed E-state index contributed by atoms with van der Waals surface area (Å²) in [6, 6.07) is 14.1. The minimum Gasteiger partial charge on any atom is -0.322 e. The summed E-state index contributed by atoms with van der Waals surface area (Å²) in [6.07, 6.45) is -0.0552. The van der Waals surface area contributed by atoms with Crippen LogP contribution >= 0.6 is 0 Å². The zero-order chi connectivity index (χ0) is 23.5. The smallest absolute Gasteiger partial charge is 0.322 e. The largest absolute Gasteiger partial charge is 0.327 e. The summed E-state index contributed by atoms with van der Waals surface area (Å²) in [5.74, 6) is -3.25. The molecule has 0 saturated heterocycles. The monoisotopic (exact) mass is 452 g/mol. The molecule has 4 N–H and O–H groups in total. The lowest BCUT2D eigenvalue weighted by molar-refractivity contribution is -0.117. The minimum absolute atomic E-state index is 0.0552. The van der Waals surface area contributed by atoms with E-state index in [1.807, 2.05) is 0 Å². The second-order valence-corrected chi connectivity index (χ2v) is 7.29. The number of hydrogen-bond donors (Lipinski definition) is 4. The molecule has 0 saturated carbocycles. The van der Waals surface area contributed by atoms with Gasteiger partial charge in [-0.05, 0) is 54.1 Å². The highest BCUT2D eigenvalue weighted by atomic mass is 19.2. The van der Waals surface area contributed by atoms with E-state index in [9.17, 15) is 23.2 Å². The van der Waals surface area contributed by atoms with Crippen molar-refractivity contribution >= 4 is 34.9 Å². The van der Waals surface area contributed by atoms with Gasteiger partial charge in [0.15, 0.2) is 11.6 Å². The van der Waals surface area contributed by atoms with Gasteiger partial charge in [0.2, 0.25) is 5.91 Å². The number of amides is 4. The third-order valence-electron chi connectivity index (χ3n) is 5.17. The molecule has 3 aromatic carbocycles. The number of halogens is 2. The molecule has 10 heteroatoms. The number of anilines is 3. The Kier molecular flexibility index (Phi) is 6.01. The molecule has 0 radical (unpaired) electrons. The molecule has 0 aliphatic carbocycles. The minimum atomic E-state index is -1.05. The van der Waals surface area contributed by atoms with Crippen molar-refractivity contribution in [2.24, 2.45) is 0 Å². The third-order valence-corrected chi connectivity index (χ3v) is 5.17. The van der Waals surface area contributed by atoms with Gasteiger partial charge < -0.3 is 10.6 Å². The fraction of sp³-hybridized carbons (Fsp3) is 0.0870. The van der Waals surface area contributed by atoms with Crippen molar-refractivity contribution in [2.75, 3.05) is 15.5 Å². The highest BCUT2D eigenvalue weighted by Crippen LogP contribution is 2.33. The van der Waals surface area contributed by atoms with Gasteiger partial charge in [0, 0.05) is 17.7 Å². The summed E-state index contributed by atoms with van der Waals surface area (Å²) in [6.45, 7) is 0. The molecule has 8 nitrogen and oxygen atoms in total. The number of benzene rings is 3. The van der Waals surface area contributed by atoms with E-state index in [-0.39, 0.29) is 12.0 Å². The molecule has 1 heterocycles. The van der Waals surface area contributed by atoms with Gasteiger partial charge in [0.05, 0.1) is 11.4 Å². The molecule has 1 aliphatic rings. The number of carbonyl (C=O) groups excluding carboxylic acids is 3. The number of carbonyl (C=O) groups is 3. The Labute approximate surface area is 186 Å².